The third kappa shape index (κ3) is 1.91. The second-order valence-electron chi connectivity index (χ2n) is 4.76. The van der Waals surface area contributed by atoms with Crippen molar-refractivity contribution in [3.8, 4) is 0 Å². The van der Waals surface area contributed by atoms with Crippen LogP contribution in [0, 0.1) is 11.8 Å². The quantitative estimate of drug-likeness (QED) is 0.616. The van der Waals surface area contributed by atoms with E-state index in [4.69, 9.17) is 4.74 Å². The van der Waals surface area contributed by atoms with Gasteiger partial charge in [-0.05, 0) is 38.2 Å². The number of hydrogen-bond acceptors (Lipinski definition) is 2. The summed E-state index contributed by atoms with van der Waals surface area (Å²) in [4.78, 5) is 11.5. The van der Waals surface area contributed by atoms with Gasteiger partial charge < -0.3 is 4.74 Å². The first-order chi connectivity index (χ1) is 7.09. The molecule has 0 amide bonds. The van der Waals surface area contributed by atoms with E-state index >= 15 is 0 Å². The molecule has 1 saturated heterocycles. The van der Waals surface area contributed by atoms with Crippen molar-refractivity contribution in [3.05, 3.63) is 23.3 Å². The third-order valence-electron chi connectivity index (χ3n) is 3.64. The maximum absolute atomic E-state index is 11.5. The summed E-state index contributed by atoms with van der Waals surface area (Å²) in [6.07, 6.45) is 1.75. The summed E-state index contributed by atoms with van der Waals surface area (Å²) in [7, 11) is 0. The van der Waals surface area contributed by atoms with Crippen molar-refractivity contribution < 1.29 is 9.53 Å². The van der Waals surface area contributed by atoms with Crippen molar-refractivity contribution in [2.24, 2.45) is 11.8 Å². The Morgan fingerprint density at radius 2 is 2.20 bits per heavy atom. The number of ether oxygens (including phenoxy) is 1. The molecule has 0 aromatic heterocycles. The SMILES string of the molecule is C=C1CC(C(C)=O)=C(C)C[C@@H]2COC[C@H]12. The van der Waals surface area contributed by atoms with Crippen LogP contribution in [0.5, 0.6) is 0 Å². The molecule has 2 heteroatoms. The molecule has 1 aliphatic heterocycles. The van der Waals surface area contributed by atoms with Crippen molar-refractivity contribution in [2.75, 3.05) is 13.2 Å². The number of hydrogen-bond donors (Lipinski definition) is 0. The lowest BCUT2D eigenvalue weighted by atomic mass is 9.87. The van der Waals surface area contributed by atoms with E-state index in [0.29, 0.717) is 11.8 Å². The highest BCUT2D eigenvalue weighted by Gasteiger charge is 2.33. The normalized spacial score (nSPS) is 31.5. The van der Waals surface area contributed by atoms with Gasteiger partial charge in [-0.15, -0.1) is 0 Å². The fraction of sp³-hybridized carbons (Fsp3) is 0.615. The molecule has 2 atom stereocenters. The van der Waals surface area contributed by atoms with Gasteiger partial charge in [-0.3, -0.25) is 4.79 Å². The molecule has 0 aromatic rings. The van der Waals surface area contributed by atoms with Crippen LogP contribution in [0.1, 0.15) is 26.7 Å². The van der Waals surface area contributed by atoms with E-state index in [0.717, 1.165) is 31.6 Å². The van der Waals surface area contributed by atoms with Crippen molar-refractivity contribution in [3.63, 3.8) is 0 Å². The first-order valence-electron chi connectivity index (χ1n) is 5.54. The fourth-order valence-electron chi connectivity index (χ4n) is 2.70. The smallest absolute Gasteiger partial charge is 0.156 e. The molecular weight excluding hydrogens is 188 g/mol. The van der Waals surface area contributed by atoms with Crippen LogP contribution in [0.3, 0.4) is 0 Å². The third-order valence-corrected chi connectivity index (χ3v) is 3.64. The Morgan fingerprint density at radius 1 is 1.47 bits per heavy atom. The van der Waals surface area contributed by atoms with Gasteiger partial charge in [-0.2, -0.15) is 0 Å². The van der Waals surface area contributed by atoms with E-state index in [2.05, 4.69) is 13.5 Å². The predicted molar refractivity (Wildman–Crippen MR) is 59.6 cm³/mol. The molecule has 2 rings (SSSR count). The van der Waals surface area contributed by atoms with Crippen molar-refractivity contribution in [1.82, 2.24) is 0 Å². The summed E-state index contributed by atoms with van der Waals surface area (Å²) in [5, 5.41) is 0. The van der Waals surface area contributed by atoms with E-state index in [-0.39, 0.29) is 5.78 Å². The van der Waals surface area contributed by atoms with E-state index in [1.54, 1.807) is 6.92 Å². The number of Topliss-reactive ketones (excluding diaryl/α,β-unsaturated/α-hetero) is 1. The average Bonchev–Trinajstić information content (AvgIpc) is 2.56. The highest BCUT2D eigenvalue weighted by atomic mass is 16.5. The maximum atomic E-state index is 11.5. The number of rotatable bonds is 1. The average molecular weight is 206 g/mol. The van der Waals surface area contributed by atoms with Gasteiger partial charge in [0.05, 0.1) is 13.2 Å². The van der Waals surface area contributed by atoms with Gasteiger partial charge in [0.15, 0.2) is 5.78 Å². The second-order valence-corrected chi connectivity index (χ2v) is 4.76. The molecule has 0 spiro atoms. The Hall–Kier alpha value is -0.890. The molecule has 0 aromatic carbocycles. The first-order valence-corrected chi connectivity index (χ1v) is 5.54. The summed E-state index contributed by atoms with van der Waals surface area (Å²) in [6.45, 7) is 9.47. The van der Waals surface area contributed by atoms with Crippen molar-refractivity contribution in [2.45, 2.75) is 26.7 Å². The first kappa shape index (κ1) is 10.6. The van der Waals surface area contributed by atoms with Crippen LogP contribution < -0.4 is 0 Å². The Balaban J connectivity index is 2.29. The summed E-state index contributed by atoms with van der Waals surface area (Å²) in [5.41, 5.74) is 3.40. The van der Waals surface area contributed by atoms with Crippen LogP contribution in [0.2, 0.25) is 0 Å². The minimum absolute atomic E-state index is 0.203. The standard InChI is InChI=1S/C13H18O2/c1-8-4-11-6-15-7-13(11)9(2)5-12(8)10(3)14/h11,13H,2,4-7H2,1,3H3/t11-,13-/m1/s1. The summed E-state index contributed by atoms with van der Waals surface area (Å²) < 4.78 is 5.49. The lowest BCUT2D eigenvalue weighted by molar-refractivity contribution is -0.113. The zero-order chi connectivity index (χ0) is 11.0. The van der Waals surface area contributed by atoms with Crippen LogP contribution in [-0.2, 0) is 9.53 Å². The van der Waals surface area contributed by atoms with Gasteiger partial charge in [-0.25, -0.2) is 0 Å². The molecule has 0 radical (unpaired) electrons. The van der Waals surface area contributed by atoms with Crippen LogP contribution in [0.25, 0.3) is 0 Å². The molecule has 0 unspecified atom stereocenters. The van der Waals surface area contributed by atoms with E-state index < -0.39 is 0 Å². The van der Waals surface area contributed by atoms with Crippen LogP contribution in [-0.4, -0.2) is 19.0 Å². The highest BCUT2D eigenvalue weighted by molar-refractivity contribution is 5.94. The van der Waals surface area contributed by atoms with E-state index in [1.165, 1.54) is 11.1 Å². The summed E-state index contributed by atoms with van der Waals surface area (Å²) in [6, 6.07) is 0. The van der Waals surface area contributed by atoms with Crippen molar-refractivity contribution >= 4 is 5.78 Å². The summed E-state index contributed by atoms with van der Waals surface area (Å²) >= 11 is 0. The molecule has 0 saturated carbocycles. The highest BCUT2D eigenvalue weighted by Crippen LogP contribution is 2.38. The Morgan fingerprint density at radius 3 is 2.87 bits per heavy atom. The fourth-order valence-corrected chi connectivity index (χ4v) is 2.70. The minimum Gasteiger partial charge on any atom is -0.380 e. The van der Waals surface area contributed by atoms with Gasteiger partial charge in [0.2, 0.25) is 0 Å². The number of carbonyl (C=O) groups is 1. The van der Waals surface area contributed by atoms with Crippen LogP contribution >= 0.6 is 0 Å². The largest absolute Gasteiger partial charge is 0.380 e. The molecule has 82 valence electrons. The topological polar surface area (TPSA) is 26.3 Å². The molecule has 1 fully saturated rings. The molecule has 0 N–H and O–H groups in total. The molecular formula is C13H18O2. The lowest BCUT2D eigenvalue weighted by Crippen LogP contribution is -2.12. The molecule has 0 bridgehead atoms. The monoisotopic (exact) mass is 206 g/mol. The molecule has 1 aliphatic carbocycles. The number of fused-ring (bicyclic) bond motifs is 1. The van der Waals surface area contributed by atoms with Gasteiger partial charge in [0, 0.05) is 5.92 Å². The minimum atomic E-state index is 0.203. The Labute approximate surface area is 91.0 Å². The zero-order valence-corrected chi connectivity index (χ0v) is 9.51. The lowest BCUT2D eigenvalue weighted by Gasteiger charge is -2.15. The van der Waals surface area contributed by atoms with E-state index in [1.807, 2.05) is 0 Å². The maximum Gasteiger partial charge on any atom is 0.156 e. The van der Waals surface area contributed by atoms with Gasteiger partial charge in [0.1, 0.15) is 0 Å². The van der Waals surface area contributed by atoms with Gasteiger partial charge in [-0.1, -0.05) is 17.7 Å². The number of allylic oxidation sites excluding steroid dienone is 2. The molecule has 2 nitrogen and oxygen atoms in total. The van der Waals surface area contributed by atoms with Crippen LogP contribution in [0.15, 0.2) is 23.3 Å². The Bertz CT molecular complexity index is 338. The zero-order valence-electron chi connectivity index (χ0n) is 9.51. The predicted octanol–water partition coefficient (Wildman–Crippen LogP) is 2.50. The second kappa shape index (κ2) is 3.93. The van der Waals surface area contributed by atoms with E-state index in [9.17, 15) is 4.79 Å². The van der Waals surface area contributed by atoms with Crippen LogP contribution in [0.4, 0.5) is 0 Å². The Kier molecular flexibility index (Phi) is 2.79. The summed E-state index contributed by atoms with van der Waals surface area (Å²) in [5.74, 6) is 1.22. The number of ketones is 1. The molecule has 15 heavy (non-hydrogen) atoms. The van der Waals surface area contributed by atoms with Gasteiger partial charge >= 0.3 is 0 Å². The van der Waals surface area contributed by atoms with Crippen molar-refractivity contribution in [1.29, 1.82) is 0 Å². The number of carbonyl (C=O) groups excluding carboxylic acids is 1. The molecule has 1 heterocycles. The van der Waals surface area contributed by atoms with Gasteiger partial charge in [0.25, 0.3) is 0 Å². The molecule has 2 aliphatic rings.